The van der Waals surface area contributed by atoms with Gasteiger partial charge < -0.3 is 5.32 Å². The quantitative estimate of drug-likeness (QED) is 0.672. The molecule has 0 aromatic rings. The summed E-state index contributed by atoms with van der Waals surface area (Å²) < 4.78 is 0. The summed E-state index contributed by atoms with van der Waals surface area (Å²) in [5, 5.41) is 3.56. The van der Waals surface area contributed by atoms with E-state index in [4.69, 9.17) is 0 Å². The van der Waals surface area contributed by atoms with E-state index in [0.29, 0.717) is 0 Å². The first-order chi connectivity index (χ1) is 7.74. The summed E-state index contributed by atoms with van der Waals surface area (Å²) in [6.07, 6.45) is 6.83. The first-order valence-electron chi connectivity index (χ1n) is 7.18. The molecule has 2 unspecified atom stereocenters. The predicted octanol–water partition coefficient (Wildman–Crippen LogP) is 2.89. The fourth-order valence-corrected chi connectivity index (χ4v) is 2.54. The van der Waals surface area contributed by atoms with Gasteiger partial charge in [0.2, 0.25) is 0 Å². The average Bonchev–Trinajstić information content (AvgIpc) is 2.28. The lowest BCUT2D eigenvalue weighted by Crippen LogP contribution is -2.44. The number of hydrogen-bond donors (Lipinski definition) is 1. The van der Waals surface area contributed by atoms with Crippen LogP contribution in [0.15, 0.2) is 0 Å². The zero-order valence-electron chi connectivity index (χ0n) is 11.5. The minimum atomic E-state index is 0.800. The van der Waals surface area contributed by atoms with E-state index in [2.05, 4.69) is 31.0 Å². The second-order valence-electron chi connectivity index (χ2n) is 5.48. The third-order valence-electron chi connectivity index (χ3n) is 3.78. The van der Waals surface area contributed by atoms with Crippen LogP contribution in [0, 0.1) is 5.92 Å². The molecule has 2 atom stereocenters. The van der Waals surface area contributed by atoms with Crippen molar-refractivity contribution in [2.45, 2.75) is 58.9 Å². The van der Waals surface area contributed by atoms with E-state index in [-0.39, 0.29) is 0 Å². The zero-order valence-corrected chi connectivity index (χ0v) is 11.5. The molecule has 0 radical (unpaired) electrons. The fraction of sp³-hybridized carbons (Fsp3) is 1.00. The van der Waals surface area contributed by atoms with E-state index in [1.165, 1.54) is 58.3 Å². The molecule has 0 aliphatic carbocycles. The predicted molar refractivity (Wildman–Crippen MR) is 71.8 cm³/mol. The van der Waals surface area contributed by atoms with E-state index in [9.17, 15) is 0 Å². The zero-order chi connectivity index (χ0) is 11.8. The maximum Gasteiger partial charge on any atom is 0.0110 e. The van der Waals surface area contributed by atoms with Crippen LogP contribution in [-0.2, 0) is 0 Å². The van der Waals surface area contributed by atoms with Crippen LogP contribution >= 0.6 is 0 Å². The topological polar surface area (TPSA) is 15.3 Å². The summed E-state index contributed by atoms with van der Waals surface area (Å²) in [6.45, 7) is 11.9. The van der Waals surface area contributed by atoms with Crippen LogP contribution < -0.4 is 5.32 Å². The Bertz CT molecular complexity index is 170. The third kappa shape index (κ3) is 5.31. The second kappa shape index (κ2) is 8.08. The molecule has 1 saturated heterocycles. The van der Waals surface area contributed by atoms with Crippen LogP contribution in [0.5, 0.6) is 0 Å². The van der Waals surface area contributed by atoms with Gasteiger partial charge >= 0.3 is 0 Å². The molecule has 0 bridgehead atoms. The highest BCUT2D eigenvalue weighted by Crippen LogP contribution is 2.20. The molecule has 96 valence electrons. The summed E-state index contributed by atoms with van der Waals surface area (Å²) >= 11 is 0. The second-order valence-corrected chi connectivity index (χ2v) is 5.48. The largest absolute Gasteiger partial charge is 0.315 e. The Labute approximate surface area is 102 Å². The lowest BCUT2D eigenvalue weighted by Gasteiger charge is -2.36. The van der Waals surface area contributed by atoms with Crippen LogP contribution in [0.25, 0.3) is 0 Å². The minimum absolute atomic E-state index is 0.800. The van der Waals surface area contributed by atoms with Crippen LogP contribution in [0.1, 0.15) is 52.9 Å². The van der Waals surface area contributed by atoms with Crippen molar-refractivity contribution >= 4 is 0 Å². The Balaban J connectivity index is 2.02. The molecule has 1 rings (SSSR count). The normalized spacial score (nSPS) is 27.2. The van der Waals surface area contributed by atoms with E-state index < -0.39 is 0 Å². The molecule has 1 aliphatic rings. The van der Waals surface area contributed by atoms with Crippen molar-refractivity contribution in [3.63, 3.8) is 0 Å². The molecule has 1 fully saturated rings. The number of hydrogen-bond acceptors (Lipinski definition) is 2. The number of rotatable bonds is 7. The van der Waals surface area contributed by atoms with Crippen LogP contribution in [0.3, 0.4) is 0 Å². The highest BCUT2D eigenvalue weighted by atomic mass is 15.2. The van der Waals surface area contributed by atoms with Gasteiger partial charge in [-0.15, -0.1) is 0 Å². The number of nitrogens with zero attached hydrogens (tertiary/aromatic N) is 1. The Kier molecular flexibility index (Phi) is 7.06. The Hall–Kier alpha value is -0.0800. The number of likely N-dealkylation sites (tertiary alicyclic amines) is 1. The number of unbranched alkanes of at least 4 members (excludes halogenated alkanes) is 2. The third-order valence-corrected chi connectivity index (χ3v) is 3.78. The summed E-state index contributed by atoms with van der Waals surface area (Å²) in [4.78, 5) is 2.65. The van der Waals surface area contributed by atoms with Gasteiger partial charge in [-0.1, -0.05) is 26.7 Å². The molecule has 0 spiro atoms. The van der Waals surface area contributed by atoms with Gasteiger partial charge in [0.15, 0.2) is 0 Å². The van der Waals surface area contributed by atoms with Crippen molar-refractivity contribution < 1.29 is 0 Å². The van der Waals surface area contributed by atoms with Gasteiger partial charge in [0.1, 0.15) is 0 Å². The van der Waals surface area contributed by atoms with Gasteiger partial charge in [-0.05, 0) is 38.6 Å². The highest BCUT2D eigenvalue weighted by molar-refractivity contribution is 4.77. The van der Waals surface area contributed by atoms with Gasteiger partial charge in [0.05, 0.1) is 0 Å². The van der Waals surface area contributed by atoms with Crippen molar-refractivity contribution in [3.05, 3.63) is 0 Å². The molecular formula is C14H30N2. The van der Waals surface area contributed by atoms with Crippen molar-refractivity contribution in [2.24, 2.45) is 5.92 Å². The Morgan fingerprint density at radius 2 is 1.94 bits per heavy atom. The van der Waals surface area contributed by atoms with E-state index in [0.717, 1.165) is 12.0 Å². The van der Waals surface area contributed by atoms with Gasteiger partial charge in [-0.3, -0.25) is 4.90 Å². The summed E-state index contributed by atoms with van der Waals surface area (Å²) in [5.74, 6) is 0.899. The molecule has 1 N–H and O–H groups in total. The van der Waals surface area contributed by atoms with E-state index in [1.54, 1.807) is 0 Å². The van der Waals surface area contributed by atoms with Crippen LogP contribution in [-0.4, -0.2) is 37.1 Å². The molecule has 0 aromatic carbocycles. The van der Waals surface area contributed by atoms with Crippen molar-refractivity contribution in [1.29, 1.82) is 0 Å². The molecule has 16 heavy (non-hydrogen) atoms. The molecule has 2 nitrogen and oxygen atoms in total. The number of nitrogens with one attached hydrogen (secondary N) is 1. The smallest absolute Gasteiger partial charge is 0.0110 e. The van der Waals surface area contributed by atoms with Crippen molar-refractivity contribution in [1.82, 2.24) is 10.2 Å². The first kappa shape index (κ1) is 14.0. The van der Waals surface area contributed by atoms with Gasteiger partial charge in [0, 0.05) is 25.7 Å². The summed E-state index contributed by atoms with van der Waals surface area (Å²) in [5.41, 5.74) is 0. The Morgan fingerprint density at radius 3 is 2.69 bits per heavy atom. The van der Waals surface area contributed by atoms with Gasteiger partial charge in [-0.25, -0.2) is 0 Å². The van der Waals surface area contributed by atoms with E-state index in [1.807, 2.05) is 0 Å². The SMILES string of the molecule is CCCCCNCCN1CC(C)CCC1C. The lowest BCUT2D eigenvalue weighted by molar-refractivity contribution is 0.126. The van der Waals surface area contributed by atoms with Crippen molar-refractivity contribution in [2.75, 3.05) is 26.2 Å². The summed E-state index contributed by atoms with van der Waals surface area (Å²) in [6, 6.07) is 0.800. The average molecular weight is 226 g/mol. The minimum Gasteiger partial charge on any atom is -0.315 e. The van der Waals surface area contributed by atoms with Crippen molar-refractivity contribution in [3.8, 4) is 0 Å². The number of piperidine rings is 1. The molecule has 1 heterocycles. The molecule has 0 saturated carbocycles. The van der Waals surface area contributed by atoms with Crippen LogP contribution in [0.2, 0.25) is 0 Å². The first-order valence-corrected chi connectivity index (χ1v) is 7.18. The van der Waals surface area contributed by atoms with E-state index >= 15 is 0 Å². The highest BCUT2D eigenvalue weighted by Gasteiger charge is 2.21. The monoisotopic (exact) mass is 226 g/mol. The molecule has 1 aliphatic heterocycles. The molecular weight excluding hydrogens is 196 g/mol. The lowest BCUT2D eigenvalue weighted by atomic mass is 9.95. The molecule has 0 amide bonds. The van der Waals surface area contributed by atoms with Gasteiger partial charge in [0.25, 0.3) is 0 Å². The molecule has 2 heteroatoms. The maximum atomic E-state index is 3.56. The fourth-order valence-electron chi connectivity index (χ4n) is 2.54. The molecule has 0 aromatic heterocycles. The van der Waals surface area contributed by atoms with Crippen LogP contribution in [0.4, 0.5) is 0 Å². The standard InChI is InChI=1S/C14H30N2/c1-4-5-6-9-15-10-11-16-12-13(2)7-8-14(16)3/h13-15H,4-12H2,1-3H3. The summed E-state index contributed by atoms with van der Waals surface area (Å²) in [7, 11) is 0. The Morgan fingerprint density at radius 1 is 1.12 bits per heavy atom. The van der Waals surface area contributed by atoms with Gasteiger partial charge in [-0.2, -0.15) is 0 Å². The maximum absolute atomic E-state index is 3.56.